The fourth-order valence-corrected chi connectivity index (χ4v) is 5.00. The number of amides is 3. The SMILES string of the molecule is CC(=O)N(C)C1CCN(c2ccc(NC(=O)N3CCC(c4ccccc4Cl)CC3)cc2)C1. The number of hydrogen-bond donors (Lipinski definition) is 1. The Labute approximate surface area is 195 Å². The topological polar surface area (TPSA) is 55.9 Å². The van der Waals surface area contributed by atoms with Crippen LogP contribution in [0.15, 0.2) is 48.5 Å². The molecule has 2 saturated heterocycles. The highest BCUT2D eigenvalue weighted by Gasteiger charge is 2.27. The van der Waals surface area contributed by atoms with Crippen LogP contribution in [-0.2, 0) is 4.79 Å². The summed E-state index contributed by atoms with van der Waals surface area (Å²) in [6.07, 6.45) is 2.81. The Kier molecular flexibility index (Phi) is 6.89. The monoisotopic (exact) mass is 454 g/mol. The van der Waals surface area contributed by atoms with Crippen LogP contribution in [-0.4, -0.2) is 61.0 Å². The van der Waals surface area contributed by atoms with Crippen molar-refractivity contribution >= 4 is 34.9 Å². The van der Waals surface area contributed by atoms with Gasteiger partial charge in [-0.25, -0.2) is 4.79 Å². The Balaban J connectivity index is 1.28. The molecule has 0 aromatic heterocycles. The van der Waals surface area contributed by atoms with E-state index >= 15 is 0 Å². The summed E-state index contributed by atoms with van der Waals surface area (Å²) in [5, 5.41) is 3.84. The van der Waals surface area contributed by atoms with Gasteiger partial charge in [-0.2, -0.15) is 0 Å². The zero-order valence-corrected chi connectivity index (χ0v) is 19.5. The molecule has 0 spiro atoms. The molecule has 6 nitrogen and oxygen atoms in total. The first-order valence-corrected chi connectivity index (χ1v) is 11.7. The molecule has 3 amide bonds. The third kappa shape index (κ3) is 5.01. The maximum Gasteiger partial charge on any atom is 0.321 e. The van der Waals surface area contributed by atoms with Gasteiger partial charge in [0, 0.05) is 56.5 Å². The van der Waals surface area contributed by atoms with Gasteiger partial charge in [0.1, 0.15) is 0 Å². The molecule has 1 unspecified atom stereocenters. The number of benzene rings is 2. The molecule has 1 N–H and O–H groups in total. The number of nitrogens with zero attached hydrogens (tertiary/aromatic N) is 3. The maximum atomic E-state index is 12.7. The van der Waals surface area contributed by atoms with Gasteiger partial charge >= 0.3 is 6.03 Å². The van der Waals surface area contributed by atoms with Gasteiger partial charge in [0.05, 0.1) is 6.04 Å². The number of anilines is 2. The molecule has 170 valence electrons. The molecule has 2 aliphatic heterocycles. The molecule has 32 heavy (non-hydrogen) atoms. The summed E-state index contributed by atoms with van der Waals surface area (Å²) in [5.74, 6) is 0.504. The average molecular weight is 455 g/mol. The minimum Gasteiger partial charge on any atom is -0.369 e. The van der Waals surface area contributed by atoms with Crippen LogP contribution in [0.3, 0.4) is 0 Å². The van der Waals surface area contributed by atoms with Crippen LogP contribution in [0.4, 0.5) is 16.2 Å². The van der Waals surface area contributed by atoms with E-state index in [-0.39, 0.29) is 18.0 Å². The van der Waals surface area contributed by atoms with Crippen LogP contribution in [0.2, 0.25) is 5.02 Å². The van der Waals surface area contributed by atoms with E-state index in [1.165, 1.54) is 5.56 Å². The van der Waals surface area contributed by atoms with Crippen molar-refractivity contribution in [2.24, 2.45) is 0 Å². The molecule has 7 heteroatoms. The standard InChI is InChI=1S/C25H31ClN4O2/c1-18(31)28(2)22-13-16-30(17-22)21-9-7-20(8-10-21)27-25(32)29-14-11-19(12-15-29)23-5-3-4-6-24(23)26/h3-10,19,22H,11-17H2,1-2H3,(H,27,32). The van der Waals surface area contributed by atoms with Crippen molar-refractivity contribution in [1.29, 1.82) is 0 Å². The Bertz CT molecular complexity index is 957. The Hall–Kier alpha value is -2.73. The van der Waals surface area contributed by atoms with Crippen LogP contribution in [0.5, 0.6) is 0 Å². The number of carbonyl (C=O) groups excluding carboxylic acids is 2. The second kappa shape index (κ2) is 9.82. The second-order valence-electron chi connectivity index (χ2n) is 8.78. The number of rotatable bonds is 4. The number of piperidine rings is 1. The number of halogens is 1. The molecule has 2 aliphatic rings. The van der Waals surface area contributed by atoms with Crippen molar-refractivity contribution in [3.05, 3.63) is 59.1 Å². The third-order valence-corrected chi connectivity index (χ3v) is 7.16. The lowest BCUT2D eigenvalue weighted by molar-refractivity contribution is -0.129. The van der Waals surface area contributed by atoms with Crippen LogP contribution < -0.4 is 10.2 Å². The van der Waals surface area contributed by atoms with Crippen LogP contribution >= 0.6 is 11.6 Å². The van der Waals surface area contributed by atoms with E-state index in [0.29, 0.717) is 5.92 Å². The van der Waals surface area contributed by atoms with E-state index in [4.69, 9.17) is 11.6 Å². The first kappa shape index (κ1) is 22.5. The van der Waals surface area contributed by atoms with Crippen LogP contribution in [0.1, 0.15) is 37.7 Å². The number of likely N-dealkylation sites (N-methyl/N-ethyl adjacent to an activating group) is 1. The molecule has 2 aromatic carbocycles. The van der Waals surface area contributed by atoms with Gasteiger partial charge in [-0.15, -0.1) is 0 Å². The molecule has 2 fully saturated rings. The molecule has 0 saturated carbocycles. The van der Waals surface area contributed by atoms with Crippen molar-refractivity contribution in [3.63, 3.8) is 0 Å². The van der Waals surface area contributed by atoms with Crippen LogP contribution in [0.25, 0.3) is 0 Å². The number of carbonyl (C=O) groups is 2. The maximum absolute atomic E-state index is 12.7. The lowest BCUT2D eigenvalue weighted by Crippen LogP contribution is -2.40. The van der Waals surface area contributed by atoms with E-state index in [1.807, 2.05) is 59.3 Å². The predicted octanol–water partition coefficient (Wildman–Crippen LogP) is 4.81. The Morgan fingerprint density at radius 1 is 1.00 bits per heavy atom. The first-order chi connectivity index (χ1) is 15.4. The summed E-state index contributed by atoms with van der Waals surface area (Å²) in [6.45, 7) is 4.81. The van der Waals surface area contributed by atoms with Gasteiger partial charge in [-0.1, -0.05) is 29.8 Å². The fraction of sp³-hybridized carbons (Fsp3) is 0.440. The number of nitrogens with one attached hydrogen (secondary N) is 1. The van der Waals surface area contributed by atoms with Crippen molar-refractivity contribution in [1.82, 2.24) is 9.80 Å². The van der Waals surface area contributed by atoms with E-state index in [1.54, 1.807) is 6.92 Å². The Morgan fingerprint density at radius 3 is 2.34 bits per heavy atom. The zero-order chi connectivity index (χ0) is 22.7. The average Bonchev–Trinajstić information content (AvgIpc) is 3.29. The van der Waals surface area contributed by atoms with Crippen molar-refractivity contribution in [2.75, 3.05) is 43.4 Å². The summed E-state index contributed by atoms with van der Waals surface area (Å²) < 4.78 is 0. The molecular formula is C25H31ClN4O2. The number of urea groups is 1. The lowest BCUT2D eigenvalue weighted by atomic mass is 9.89. The lowest BCUT2D eigenvalue weighted by Gasteiger charge is -2.32. The highest BCUT2D eigenvalue weighted by atomic mass is 35.5. The van der Waals surface area contributed by atoms with Gasteiger partial charge < -0.3 is 20.0 Å². The normalized spacial score (nSPS) is 19.2. The van der Waals surface area contributed by atoms with Gasteiger partial charge in [0.2, 0.25) is 5.91 Å². The third-order valence-electron chi connectivity index (χ3n) is 6.82. The predicted molar refractivity (Wildman–Crippen MR) is 130 cm³/mol. The number of hydrogen-bond acceptors (Lipinski definition) is 3. The summed E-state index contributed by atoms with van der Waals surface area (Å²) >= 11 is 6.35. The van der Waals surface area contributed by atoms with Crippen LogP contribution in [0, 0.1) is 0 Å². The highest BCUT2D eigenvalue weighted by molar-refractivity contribution is 6.31. The summed E-state index contributed by atoms with van der Waals surface area (Å²) in [6, 6.07) is 16.2. The number of likely N-dealkylation sites (tertiary alicyclic amines) is 1. The van der Waals surface area contributed by atoms with Crippen molar-refractivity contribution < 1.29 is 9.59 Å². The molecule has 4 rings (SSSR count). The molecule has 2 aromatic rings. The zero-order valence-electron chi connectivity index (χ0n) is 18.8. The van der Waals surface area contributed by atoms with Crippen molar-refractivity contribution in [3.8, 4) is 0 Å². The smallest absolute Gasteiger partial charge is 0.321 e. The minimum atomic E-state index is -0.0559. The first-order valence-electron chi connectivity index (χ1n) is 11.3. The van der Waals surface area contributed by atoms with Gasteiger partial charge in [0.15, 0.2) is 0 Å². The minimum absolute atomic E-state index is 0.0559. The second-order valence-corrected chi connectivity index (χ2v) is 9.19. The molecule has 0 aliphatic carbocycles. The molecule has 2 heterocycles. The van der Waals surface area contributed by atoms with Gasteiger partial charge in [0.25, 0.3) is 0 Å². The van der Waals surface area contributed by atoms with E-state index in [2.05, 4.69) is 16.3 Å². The molecular weight excluding hydrogens is 424 g/mol. The summed E-state index contributed by atoms with van der Waals surface area (Å²) in [4.78, 5) is 30.3. The fourth-order valence-electron chi connectivity index (χ4n) is 4.71. The molecule has 1 atom stereocenters. The van der Waals surface area contributed by atoms with E-state index < -0.39 is 0 Å². The summed E-state index contributed by atoms with van der Waals surface area (Å²) in [5.41, 5.74) is 3.09. The largest absolute Gasteiger partial charge is 0.369 e. The highest BCUT2D eigenvalue weighted by Crippen LogP contribution is 2.33. The van der Waals surface area contributed by atoms with Crippen molar-refractivity contribution in [2.45, 2.75) is 38.1 Å². The van der Waals surface area contributed by atoms with Gasteiger partial charge in [-0.3, -0.25) is 4.79 Å². The summed E-state index contributed by atoms with van der Waals surface area (Å²) in [7, 11) is 1.87. The molecule has 0 radical (unpaired) electrons. The van der Waals surface area contributed by atoms with Gasteiger partial charge in [-0.05, 0) is 61.1 Å². The Morgan fingerprint density at radius 2 is 1.69 bits per heavy atom. The molecule has 0 bridgehead atoms. The van der Waals surface area contributed by atoms with E-state index in [9.17, 15) is 9.59 Å². The quantitative estimate of drug-likeness (QED) is 0.721. The van der Waals surface area contributed by atoms with E-state index in [0.717, 1.165) is 61.8 Å².